The number of amides is 1. The second-order valence-electron chi connectivity index (χ2n) is 3.39. The molecule has 0 bridgehead atoms. The van der Waals surface area contributed by atoms with E-state index in [-0.39, 0.29) is 0 Å². The average molecular weight is 200 g/mol. The van der Waals surface area contributed by atoms with Gasteiger partial charge in [0.2, 0.25) is 6.41 Å². The molecule has 1 aliphatic rings. The predicted octanol–water partition coefficient (Wildman–Crippen LogP) is -1.77. The Morgan fingerprint density at radius 1 is 0.786 bits per heavy atom. The van der Waals surface area contributed by atoms with Crippen LogP contribution in [0.2, 0.25) is 0 Å². The van der Waals surface area contributed by atoms with E-state index in [0.29, 0.717) is 0 Å². The Morgan fingerprint density at radius 3 is 1.64 bits per heavy atom. The van der Waals surface area contributed by atoms with Crippen LogP contribution in [0.3, 0.4) is 0 Å². The van der Waals surface area contributed by atoms with Gasteiger partial charge in [0.1, 0.15) is 0 Å². The number of hydrogen-bond acceptors (Lipinski definition) is 4. The second kappa shape index (κ2) is 7.73. The standard InChI is InChI=1S/C9H20N4O/c14-9-13-7-5-11-3-1-10-2-4-12-6-8-13/h9-12H,1-8H2. The summed E-state index contributed by atoms with van der Waals surface area (Å²) in [5.74, 6) is 0. The fourth-order valence-corrected chi connectivity index (χ4v) is 1.39. The van der Waals surface area contributed by atoms with E-state index in [1.807, 2.05) is 0 Å². The highest BCUT2D eigenvalue weighted by molar-refractivity contribution is 5.46. The molecule has 1 saturated heterocycles. The third-order valence-corrected chi connectivity index (χ3v) is 2.26. The molecule has 1 amide bonds. The SMILES string of the molecule is O=CN1CCNCCNCCNCC1. The third kappa shape index (κ3) is 5.16. The van der Waals surface area contributed by atoms with Crippen molar-refractivity contribution in [2.45, 2.75) is 0 Å². The zero-order chi connectivity index (χ0) is 10.1. The predicted molar refractivity (Wildman–Crippen MR) is 56.2 cm³/mol. The van der Waals surface area contributed by atoms with Crippen molar-refractivity contribution in [1.29, 1.82) is 0 Å². The zero-order valence-electron chi connectivity index (χ0n) is 8.59. The first-order chi connectivity index (χ1) is 6.93. The highest BCUT2D eigenvalue weighted by atomic mass is 16.1. The molecule has 0 saturated carbocycles. The fourth-order valence-electron chi connectivity index (χ4n) is 1.39. The molecule has 0 aromatic heterocycles. The Balaban J connectivity index is 2.20. The Morgan fingerprint density at radius 2 is 1.21 bits per heavy atom. The first-order valence-electron chi connectivity index (χ1n) is 5.25. The van der Waals surface area contributed by atoms with Crippen LogP contribution < -0.4 is 16.0 Å². The molecule has 0 atom stereocenters. The molecule has 0 spiro atoms. The van der Waals surface area contributed by atoms with Gasteiger partial charge >= 0.3 is 0 Å². The van der Waals surface area contributed by atoms with Gasteiger partial charge in [-0.3, -0.25) is 4.79 Å². The summed E-state index contributed by atoms with van der Waals surface area (Å²) in [5, 5.41) is 9.89. The molecular formula is C9H20N4O. The van der Waals surface area contributed by atoms with Gasteiger partial charge in [-0.25, -0.2) is 0 Å². The highest BCUT2D eigenvalue weighted by Crippen LogP contribution is 1.80. The molecule has 1 fully saturated rings. The third-order valence-electron chi connectivity index (χ3n) is 2.26. The Bertz CT molecular complexity index is 142. The van der Waals surface area contributed by atoms with Gasteiger partial charge in [0.25, 0.3) is 0 Å². The Kier molecular flexibility index (Phi) is 6.30. The summed E-state index contributed by atoms with van der Waals surface area (Å²) in [4.78, 5) is 12.4. The van der Waals surface area contributed by atoms with E-state index in [4.69, 9.17) is 0 Å². The number of hydrogen-bond donors (Lipinski definition) is 3. The summed E-state index contributed by atoms with van der Waals surface area (Å²) >= 11 is 0. The van der Waals surface area contributed by atoms with E-state index < -0.39 is 0 Å². The fraction of sp³-hybridized carbons (Fsp3) is 0.889. The number of carbonyl (C=O) groups is 1. The van der Waals surface area contributed by atoms with Crippen LogP contribution in [-0.4, -0.2) is 63.7 Å². The topological polar surface area (TPSA) is 56.4 Å². The molecule has 1 heterocycles. The molecule has 82 valence electrons. The average Bonchev–Trinajstić information content (AvgIpc) is 2.19. The van der Waals surface area contributed by atoms with Crippen LogP contribution in [0.15, 0.2) is 0 Å². The van der Waals surface area contributed by atoms with Crippen LogP contribution in [0, 0.1) is 0 Å². The highest BCUT2D eigenvalue weighted by Gasteiger charge is 2.01. The van der Waals surface area contributed by atoms with Gasteiger partial charge < -0.3 is 20.9 Å². The lowest BCUT2D eigenvalue weighted by Gasteiger charge is -2.19. The first kappa shape index (κ1) is 11.4. The maximum atomic E-state index is 10.6. The molecule has 5 heteroatoms. The number of nitrogens with one attached hydrogen (secondary N) is 3. The summed E-state index contributed by atoms with van der Waals surface area (Å²) in [6.45, 7) is 7.25. The van der Waals surface area contributed by atoms with Crippen LogP contribution >= 0.6 is 0 Å². The molecule has 0 aromatic rings. The Labute approximate surface area is 85.2 Å². The molecule has 1 aliphatic heterocycles. The molecule has 1 rings (SSSR count). The van der Waals surface area contributed by atoms with Crippen molar-refractivity contribution < 1.29 is 4.79 Å². The molecule has 0 unspecified atom stereocenters. The van der Waals surface area contributed by atoms with Crippen molar-refractivity contribution in [3.8, 4) is 0 Å². The van der Waals surface area contributed by atoms with Gasteiger partial charge in [0, 0.05) is 52.4 Å². The van der Waals surface area contributed by atoms with E-state index in [1.54, 1.807) is 4.90 Å². The lowest BCUT2D eigenvalue weighted by molar-refractivity contribution is -0.118. The maximum absolute atomic E-state index is 10.6. The summed E-state index contributed by atoms with van der Waals surface area (Å²) in [6.07, 6.45) is 0.924. The minimum atomic E-state index is 0.797. The van der Waals surface area contributed by atoms with Gasteiger partial charge in [-0.2, -0.15) is 0 Å². The first-order valence-corrected chi connectivity index (χ1v) is 5.25. The molecular weight excluding hydrogens is 180 g/mol. The molecule has 3 N–H and O–H groups in total. The molecule has 0 aliphatic carbocycles. The minimum absolute atomic E-state index is 0.797. The zero-order valence-corrected chi connectivity index (χ0v) is 8.59. The normalized spacial score (nSPS) is 22.1. The number of nitrogens with zero attached hydrogens (tertiary/aromatic N) is 1. The number of rotatable bonds is 1. The van der Waals surface area contributed by atoms with Crippen LogP contribution in [0.25, 0.3) is 0 Å². The molecule has 5 nitrogen and oxygen atoms in total. The van der Waals surface area contributed by atoms with Crippen LogP contribution in [0.4, 0.5) is 0 Å². The minimum Gasteiger partial charge on any atom is -0.343 e. The summed E-state index contributed by atoms with van der Waals surface area (Å²) in [5.41, 5.74) is 0. The van der Waals surface area contributed by atoms with Gasteiger partial charge in [-0.1, -0.05) is 0 Å². The van der Waals surface area contributed by atoms with Gasteiger partial charge in [0.05, 0.1) is 0 Å². The summed E-state index contributed by atoms with van der Waals surface area (Å²) in [6, 6.07) is 0. The Hall–Kier alpha value is -0.650. The maximum Gasteiger partial charge on any atom is 0.209 e. The summed E-state index contributed by atoms with van der Waals surface area (Å²) in [7, 11) is 0. The van der Waals surface area contributed by atoms with Crippen molar-refractivity contribution >= 4 is 6.41 Å². The van der Waals surface area contributed by atoms with Crippen molar-refractivity contribution in [3.05, 3.63) is 0 Å². The van der Waals surface area contributed by atoms with E-state index >= 15 is 0 Å². The van der Waals surface area contributed by atoms with Gasteiger partial charge in [-0.05, 0) is 0 Å². The van der Waals surface area contributed by atoms with E-state index in [9.17, 15) is 4.79 Å². The van der Waals surface area contributed by atoms with Crippen molar-refractivity contribution in [2.24, 2.45) is 0 Å². The van der Waals surface area contributed by atoms with Crippen molar-refractivity contribution in [3.63, 3.8) is 0 Å². The van der Waals surface area contributed by atoms with Crippen molar-refractivity contribution in [2.75, 3.05) is 52.4 Å². The van der Waals surface area contributed by atoms with E-state index in [0.717, 1.165) is 58.8 Å². The van der Waals surface area contributed by atoms with Crippen molar-refractivity contribution in [1.82, 2.24) is 20.9 Å². The smallest absolute Gasteiger partial charge is 0.209 e. The molecule has 0 aromatic carbocycles. The monoisotopic (exact) mass is 200 g/mol. The second-order valence-corrected chi connectivity index (χ2v) is 3.39. The van der Waals surface area contributed by atoms with Gasteiger partial charge in [0.15, 0.2) is 0 Å². The quantitative estimate of drug-likeness (QED) is 0.438. The van der Waals surface area contributed by atoms with E-state index in [1.165, 1.54) is 0 Å². The summed E-state index contributed by atoms with van der Waals surface area (Å²) < 4.78 is 0. The molecule has 0 radical (unpaired) electrons. The van der Waals surface area contributed by atoms with Crippen LogP contribution in [-0.2, 0) is 4.79 Å². The van der Waals surface area contributed by atoms with E-state index in [2.05, 4.69) is 16.0 Å². The van der Waals surface area contributed by atoms with Crippen LogP contribution in [0.5, 0.6) is 0 Å². The number of carbonyl (C=O) groups excluding carboxylic acids is 1. The van der Waals surface area contributed by atoms with Crippen LogP contribution in [0.1, 0.15) is 0 Å². The van der Waals surface area contributed by atoms with Gasteiger partial charge in [-0.15, -0.1) is 0 Å². The largest absolute Gasteiger partial charge is 0.343 e. The lowest BCUT2D eigenvalue weighted by atomic mass is 10.4. The lowest BCUT2D eigenvalue weighted by Crippen LogP contribution is -2.41. The molecule has 14 heavy (non-hydrogen) atoms.